The maximum Gasteiger partial charge on any atom is 0.341 e. The van der Waals surface area contributed by atoms with E-state index < -0.39 is 34.7 Å². The third-order valence-electron chi connectivity index (χ3n) is 1.85. The van der Waals surface area contributed by atoms with Crippen LogP contribution in [0.25, 0.3) is 0 Å². The van der Waals surface area contributed by atoms with Crippen LogP contribution in [-0.2, 0) is 4.74 Å². The number of halogens is 3. The van der Waals surface area contributed by atoms with Crippen molar-refractivity contribution in [2.24, 2.45) is 0 Å². The molecule has 16 heavy (non-hydrogen) atoms. The molecule has 0 amide bonds. The number of rotatable bonds is 3. The second-order valence-corrected chi connectivity index (χ2v) is 3.08. The molecule has 1 rings (SSSR count). The van der Waals surface area contributed by atoms with Crippen LogP contribution in [-0.4, -0.2) is 12.6 Å². The van der Waals surface area contributed by atoms with Gasteiger partial charge in [0.05, 0.1) is 6.61 Å². The average Bonchev–Trinajstić information content (AvgIpc) is 2.28. The molecule has 0 aliphatic heterocycles. The van der Waals surface area contributed by atoms with E-state index >= 15 is 0 Å². The zero-order valence-corrected chi connectivity index (χ0v) is 8.52. The van der Waals surface area contributed by atoms with E-state index in [-0.39, 0.29) is 6.61 Å². The summed E-state index contributed by atoms with van der Waals surface area (Å²) in [5, 5.41) is 0. The van der Waals surface area contributed by atoms with Gasteiger partial charge in [-0.25, -0.2) is 18.0 Å². The zero-order chi connectivity index (χ0) is 12.3. The lowest BCUT2D eigenvalue weighted by molar-refractivity contribution is 0.0499. The van der Waals surface area contributed by atoms with Gasteiger partial charge in [0.2, 0.25) is 0 Å². The highest BCUT2D eigenvalue weighted by Crippen LogP contribution is 2.22. The number of esters is 1. The molecule has 3 nitrogen and oxygen atoms in total. The second kappa shape index (κ2) is 4.87. The summed E-state index contributed by atoms with van der Waals surface area (Å²) >= 11 is 0. The smallest absolute Gasteiger partial charge is 0.341 e. The van der Waals surface area contributed by atoms with Crippen LogP contribution in [0.5, 0.6) is 0 Å². The molecule has 1 aromatic rings. The Balaban J connectivity index is 3.10. The standard InChI is InChI=1S/C10H10F3NO2/c1-2-3-16-10(15)5-4-6(11)8(13)9(14)7(5)12/h4H,2-3,14H2,1H3. The first-order valence-electron chi connectivity index (χ1n) is 4.59. The summed E-state index contributed by atoms with van der Waals surface area (Å²) in [5.74, 6) is -5.27. The summed E-state index contributed by atoms with van der Waals surface area (Å²) in [5.41, 5.74) is 3.22. The monoisotopic (exact) mass is 233 g/mol. The van der Waals surface area contributed by atoms with Gasteiger partial charge in [-0.1, -0.05) is 6.92 Å². The minimum absolute atomic E-state index is 0.0666. The van der Waals surface area contributed by atoms with Gasteiger partial charge in [0, 0.05) is 0 Å². The lowest BCUT2D eigenvalue weighted by Crippen LogP contribution is -2.12. The van der Waals surface area contributed by atoms with Gasteiger partial charge in [0.1, 0.15) is 11.3 Å². The Morgan fingerprint density at radius 1 is 1.38 bits per heavy atom. The molecule has 0 unspecified atom stereocenters. The highest BCUT2D eigenvalue weighted by molar-refractivity contribution is 5.90. The molecule has 0 spiro atoms. The molecule has 6 heteroatoms. The number of nitrogens with two attached hydrogens (primary N) is 1. The summed E-state index contributed by atoms with van der Waals surface area (Å²) in [6.07, 6.45) is 0.534. The molecule has 0 atom stereocenters. The molecule has 88 valence electrons. The van der Waals surface area contributed by atoms with Crippen LogP contribution in [0.4, 0.5) is 18.9 Å². The molecule has 1 aromatic carbocycles. The van der Waals surface area contributed by atoms with Crippen molar-refractivity contribution in [3.05, 3.63) is 29.1 Å². The van der Waals surface area contributed by atoms with Crippen LogP contribution in [0.2, 0.25) is 0 Å². The number of benzene rings is 1. The number of ether oxygens (including phenoxy) is 1. The third kappa shape index (κ3) is 2.26. The molecule has 0 aliphatic carbocycles. The molecule has 0 heterocycles. The minimum atomic E-state index is -1.51. The maximum absolute atomic E-state index is 13.3. The molecular weight excluding hydrogens is 223 g/mol. The van der Waals surface area contributed by atoms with E-state index in [1.54, 1.807) is 6.92 Å². The van der Waals surface area contributed by atoms with Crippen molar-refractivity contribution in [3.63, 3.8) is 0 Å². The Labute approximate surface area is 90.0 Å². The average molecular weight is 233 g/mol. The van der Waals surface area contributed by atoms with Gasteiger partial charge in [-0.3, -0.25) is 0 Å². The predicted octanol–water partition coefficient (Wildman–Crippen LogP) is 2.25. The first kappa shape index (κ1) is 12.4. The van der Waals surface area contributed by atoms with Crippen molar-refractivity contribution >= 4 is 11.7 Å². The highest BCUT2D eigenvalue weighted by atomic mass is 19.2. The molecule has 0 saturated heterocycles. The van der Waals surface area contributed by atoms with Crippen LogP contribution in [0.1, 0.15) is 23.7 Å². The van der Waals surface area contributed by atoms with Crippen LogP contribution in [0.3, 0.4) is 0 Å². The van der Waals surface area contributed by atoms with E-state index in [1.165, 1.54) is 0 Å². The Hall–Kier alpha value is -1.72. The minimum Gasteiger partial charge on any atom is -0.462 e. The van der Waals surface area contributed by atoms with Gasteiger partial charge in [-0.15, -0.1) is 0 Å². The Morgan fingerprint density at radius 3 is 2.56 bits per heavy atom. The molecule has 0 fully saturated rings. The largest absolute Gasteiger partial charge is 0.462 e. The predicted molar refractivity (Wildman–Crippen MR) is 51.3 cm³/mol. The van der Waals surface area contributed by atoms with E-state index in [4.69, 9.17) is 5.73 Å². The first-order valence-corrected chi connectivity index (χ1v) is 4.59. The lowest BCUT2D eigenvalue weighted by Gasteiger charge is -2.07. The first-order chi connectivity index (χ1) is 7.49. The number of carbonyl (C=O) groups is 1. The van der Waals surface area contributed by atoms with Gasteiger partial charge >= 0.3 is 5.97 Å². The van der Waals surface area contributed by atoms with Gasteiger partial charge in [-0.2, -0.15) is 0 Å². The molecular formula is C10H10F3NO2. The molecule has 0 aliphatic rings. The number of hydrogen-bond acceptors (Lipinski definition) is 3. The van der Waals surface area contributed by atoms with Crippen molar-refractivity contribution in [1.82, 2.24) is 0 Å². The zero-order valence-electron chi connectivity index (χ0n) is 8.52. The number of hydrogen-bond donors (Lipinski definition) is 1. The third-order valence-corrected chi connectivity index (χ3v) is 1.85. The number of anilines is 1. The van der Waals surface area contributed by atoms with Crippen molar-refractivity contribution < 1.29 is 22.7 Å². The van der Waals surface area contributed by atoms with E-state index in [9.17, 15) is 18.0 Å². The van der Waals surface area contributed by atoms with E-state index in [1.807, 2.05) is 0 Å². The summed E-state index contributed by atoms with van der Waals surface area (Å²) < 4.78 is 43.5. The molecule has 0 saturated carbocycles. The van der Waals surface area contributed by atoms with E-state index in [2.05, 4.69) is 4.74 Å². The number of nitrogen functional groups attached to an aromatic ring is 1. The van der Waals surface area contributed by atoms with Gasteiger partial charge in [-0.05, 0) is 12.5 Å². The highest BCUT2D eigenvalue weighted by Gasteiger charge is 2.21. The van der Waals surface area contributed by atoms with Crippen molar-refractivity contribution in [3.8, 4) is 0 Å². The maximum atomic E-state index is 13.3. The van der Waals surface area contributed by atoms with E-state index in [0.29, 0.717) is 12.5 Å². The lowest BCUT2D eigenvalue weighted by atomic mass is 10.1. The van der Waals surface area contributed by atoms with Crippen molar-refractivity contribution in [2.45, 2.75) is 13.3 Å². The Kier molecular flexibility index (Phi) is 3.76. The van der Waals surface area contributed by atoms with Crippen LogP contribution in [0, 0.1) is 17.5 Å². The van der Waals surface area contributed by atoms with Crippen molar-refractivity contribution in [1.29, 1.82) is 0 Å². The summed E-state index contributed by atoms with van der Waals surface area (Å²) in [6.45, 7) is 1.81. The summed E-state index contributed by atoms with van der Waals surface area (Å²) in [6, 6.07) is 0.430. The molecule has 2 N–H and O–H groups in total. The fourth-order valence-corrected chi connectivity index (χ4v) is 1.04. The van der Waals surface area contributed by atoms with E-state index in [0.717, 1.165) is 0 Å². The fraction of sp³-hybridized carbons (Fsp3) is 0.300. The SMILES string of the molecule is CCCOC(=O)c1cc(F)c(F)c(N)c1F. The molecule has 0 aromatic heterocycles. The quantitative estimate of drug-likeness (QED) is 0.495. The second-order valence-electron chi connectivity index (χ2n) is 3.08. The van der Waals surface area contributed by atoms with Crippen molar-refractivity contribution in [2.75, 3.05) is 12.3 Å². The summed E-state index contributed by atoms with van der Waals surface area (Å²) in [7, 11) is 0. The van der Waals surface area contributed by atoms with Crippen LogP contribution >= 0.6 is 0 Å². The topological polar surface area (TPSA) is 52.3 Å². The normalized spacial score (nSPS) is 10.2. The van der Waals surface area contributed by atoms with Gasteiger partial charge in [0.25, 0.3) is 0 Å². The summed E-state index contributed by atoms with van der Waals surface area (Å²) in [4.78, 5) is 11.2. The number of carbonyl (C=O) groups excluding carboxylic acids is 1. The van der Waals surface area contributed by atoms with Gasteiger partial charge in [0.15, 0.2) is 17.5 Å². The Bertz CT molecular complexity index is 421. The molecule has 0 radical (unpaired) electrons. The van der Waals surface area contributed by atoms with Crippen LogP contribution < -0.4 is 5.73 Å². The van der Waals surface area contributed by atoms with Crippen LogP contribution in [0.15, 0.2) is 6.07 Å². The van der Waals surface area contributed by atoms with Gasteiger partial charge < -0.3 is 10.5 Å². The Morgan fingerprint density at radius 2 is 2.00 bits per heavy atom. The molecule has 0 bridgehead atoms. The fourth-order valence-electron chi connectivity index (χ4n) is 1.04.